The van der Waals surface area contributed by atoms with Gasteiger partial charge in [0.15, 0.2) is 11.6 Å². The molecule has 0 saturated heterocycles. The molecular weight excluding hydrogens is 420 g/mol. The highest BCUT2D eigenvalue weighted by atomic mass is 32.2. The van der Waals surface area contributed by atoms with Gasteiger partial charge in [-0.1, -0.05) is 19.8 Å². The van der Waals surface area contributed by atoms with E-state index in [4.69, 9.17) is 0 Å². The largest absolute Gasteiger partial charge is 0.477 e. The van der Waals surface area contributed by atoms with Crippen molar-refractivity contribution < 1.29 is 23.1 Å². The number of Topliss-reactive ketones (excluding diaryl/α,β-unsaturated/α-hetero) is 1. The van der Waals surface area contributed by atoms with Crippen molar-refractivity contribution in [3.63, 3.8) is 0 Å². The highest BCUT2D eigenvalue weighted by Gasteiger charge is 2.37. The van der Waals surface area contributed by atoms with Crippen molar-refractivity contribution in [2.75, 3.05) is 24.7 Å². The molecular formula is C21H32N4O5S. The van der Waals surface area contributed by atoms with Crippen LogP contribution in [-0.4, -0.2) is 64.2 Å². The number of nitrogens with zero attached hydrogens (tertiary/aromatic N) is 3. The number of anilines is 1. The predicted octanol–water partition coefficient (Wildman–Crippen LogP) is 2.67. The Balaban J connectivity index is 1.80. The molecule has 0 amide bonds. The SMILES string of the molecule is CC1CCC(C(=O)C(C)(C)Nc2nn(C3=CCN(S(C)(=O)=O)CC3)cc2C(=O)O)CC1. The fraction of sp³-hybridized carbons (Fsp3) is 0.667. The lowest BCUT2D eigenvalue weighted by molar-refractivity contribution is -0.127. The maximum Gasteiger partial charge on any atom is 0.341 e. The Morgan fingerprint density at radius 3 is 2.39 bits per heavy atom. The predicted molar refractivity (Wildman–Crippen MR) is 118 cm³/mol. The van der Waals surface area contributed by atoms with E-state index in [1.807, 2.05) is 0 Å². The number of carboxylic acid groups (broad SMARTS) is 1. The van der Waals surface area contributed by atoms with Crippen LogP contribution in [0.25, 0.3) is 5.70 Å². The Morgan fingerprint density at radius 1 is 1.23 bits per heavy atom. The standard InChI is InChI=1S/C21H32N4O5S/c1-14-5-7-15(8-6-14)18(26)21(2,3)22-19-17(20(27)28)13-25(23-19)16-9-11-24(12-10-16)31(4,29)30/h9,13-15H,5-8,10-12H2,1-4H3,(H,22,23)(H,27,28). The Morgan fingerprint density at radius 2 is 1.87 bits per heavy atom. The number of hydrogen-bond acceptors (Lipinski definition) is 6. The van der Waals surface area contributed by atoms with Gasteiger partial charge in [0.2, 0.25) is 10.0 Å². The smallest absolute Gasteiger partial charge is 0.341 e. The fourth-order valence-corrected chi connectivity index (χ4v) is 5.08. The van der Waals surface area contributed by atoms with Crippen molar-refractivity contribution in [2.45, 2.75) is 58.4 Å². The van der Waals surface area contributed by atoms with Gasteiger partial charge in [0, 0.05) is 37.3 Å². The van der Waals surface area contributed by atoms with E-state index in [-0.39, 0.29) is 29.6 Å². The summed E-state index contributed by atoms with van der Waals surface area (Å²) < 4.78 is 26.2. The molecule has 2 heterocycles. The van der Waals surface area contributed by atoms with Crippen LogP contribution in [0.3, 0.4) is 0 Å². The Labute approximate surface area is 183 Å². The number of ketones is 1. The topological polar surface area (TPSA) is 122 Å². The van der Waals surface area contributed by atoms with E-state index in [2.05, 4.69) is 17.3 Å². The molecule has 0 spiro atoms. The monoisotopic (exact) mass is 452 g/mol. The molecule has 3 rings (SSSR count). The molecule has 1 aromatic heterocycles. The van der Waals surface area contributed by atoms with Crippen LogP contribution in [0.4, 0.5) is 5.82 Å². The number of aromatic nitrogens is 2. The third-order valence-electron chi connectivity index (χ3n) is 6.29. The highest BCUT2D eigenvalue weighted by Crippen LogP contribution is 2.33. The van der Waals surface area contributed by atoms with Gasteiger partial charge in [-0.15, -0.1) is 5.10 Å². The molecule has 0 aromatic carbocycles. The summed E-state index contributed by atoms with van der Waals surface area (Å²) in [5.74, 6) is -0.320. The molecule has 2 N–H and O–H groups in total. The van der Waals surface area contributed by atoms with Crippen molar-refractivity contribution in [3.05, 3.63) is 17.8 Å². The van der Waals surface area contributed by atoms with Crippen LogP contribution in [0.5, 0.6) is 0 Å². The summed E-state index contributed by atoms with van der Waals surface area (Å²) in [7, 11) is -3.28. The minimum Gasteiger partial charge on any atom is -0.477 e. The minimum absolute atomic E-state index is 0.0235. The third kappa shape index (κ3) is 5.35. The summed E-state index contributed by atoms with van der Waals surface area (Å²) in [4.78, 5) is 24.9. The number of hydrogen-bond donors (Lipinski definition) is 2. The average Bonchev–Trinajstić information content (AvgIpc) is 3.11. The first-order chi connectivity index (χ1) is 14.4. The van der Waals surface area contributed by atoms with E-state index in [0.29, 0.717) is 18.9 Å². The molecule has 10 heteroatoms. The number of aromatic carboxylic acids is 1. The van der Waals surface area contributed by atoms with Gasteiger partial charge in [-0.05, 0) is 38.7 Å². The van der Waals surface area contributed by atoms with Crippen molar-refractivity contribution in [1.29, 1.82) is 0 Å². The summed E-state index contributed by atoms with van der Waals surface area (Å²) >= 11 is 0. The lowest BCUT2D eigenvalue weighted by Gasteiger charge is -2.33. The maximum atomic E-state index is 13.1. The molecule has 9 nitrogen and oxygen atoms in total. The Hall–Kier alpha value is -2.20. The average molecular weight is 453 g/mol. The number of sulfonamides is 1. The first kappa shape index (κ1) is 23.5. The Bertz CT molecular complexity index is 987. The molecule has 172 valence electrons. The van der Waals surface area contributed by atoms with Gasteiger partial charge >= 0.3 is 5.97 Å². The second-order valence-corrected chi connectivity index (χ2v) is 11.3. The van der Waals surface area contributed by atoms with Gasteiger partial charge in [0.05, 0.1) is 11.8 Å². The van der Waals surface area contributed by atoms with Crippen LogP contribution in [-0.2, 0) is 14.8 Å². The third-order valence-corrected chi connectivity index (χ3v) is 7.56. The van der Waals surface area contributed by atoms with Crippen LogP contribution in [0.2, 0.25) is 0 Å². The summed E-state index contributed by atoms with van der Waals surface area (Å²) in [6.07, 6.45) is 8.48. The van der Waals surface area contributed by atoms with Gasteiger partial charge in [-0.2, -0.15) is 4.31 Å². The normalized spacial score (nSPS) is 23.3. The minimum atomic E-state index is -3.28. The van der Waals surface area contributed by atoms with Crippen LogP contribution in [0, 0.1) is 11.8 Å². The first-order valence-electron chi connectivity index (χ1n) is 10.7. The summed E-state index contributed by atoms with van der Waals surface area (Å²) in [5, 5.41) is 17.1. The van der Waals surface area contributed by atoms with Gasteiger partial charge in [-0.3, -0.25) is 4.79 Å². The number of carbonyl (C=O) groups is 2. The number of rotatable bonds is 7. The van der Waals surface area contributed by atoms with Crippen molar-refractivity contribution >= 4 is 33.3 Å². The second kappa shape index (κ2) is 8.74. The number of carbonyl (C=O) groups excluding carboxylic acids is 1. The van der Waals surface area contributed by atoms with E-state index in [1.54, 1.807) is 19.9 Å². The lowest BCUT2D eigenvalue weighted by Crippen LogP contribution is -2.45. The summed E-state index contributed by atoms with van der Waals surface area (Å²) in [6.45, 7) is 6.25. The van der Waals surface area contributed by atoms with Crippen molar-refractivity contribution in [1.82, 2.24) is 14.1 Å². The van der Waals surface area contributed by atoms with Crippen LogP contribution >= 0.6 is 0 Å². The molecule has 1 aromatic rings. The molecule has 0 atom stereocenters. The zero-order valence-electron chi connectivity index (χ0n) is 18.6. The molecule has 0 radical (unpaired) electrons. The molecule has 31 heavy (non-hydrogen) atoms. The molecule has 1 fully saturated rings. The Kier molecular flexibility index (Phi) is 6.61. The van der Waals surface area contributed by atoms with Crippen LogP contribution < -0.4 is 5.32 Å². The van der Waals surface area contributed by atoms with E-state index in [9.17, 15) is 23.1 Å². The van der Waals surface area contributed by atoms with Crippen LogP contribution in [0.1, 0.15) is 63.2 Å². The molecule has 1 saturated carbocycles. The van der Waals surface area contributed by atoms with Crippen molar-refractivity contribution in [3.8, 4) is 0 Å². The molecule has 1 aliphatic heterocycles. The van der Waals surface area contributed by atoms with E-state index in [1.165, 1.54) is 15.2 Å². The zero-order valence-corrected chi connectivity index (χ0v) is 19.4. The van der Waals surface area contributed by atoms with Gasteiger partial charge in [0.25, 0.3) is 0 Å². The fourth-order valence-electron chi connectivity index (χ4n) is 4.31. The maximum absolute atomic E-state index is 13.1. The number of nitrogens with one attached hydrogen (secondary N) is 1. The lowest BCUT2D eigenvalue weighted by atomic mass is 9.76. The molecule has 2 aliphatic rings. The van der Waals surface area contributed by atoms with Gasteiger partial charge in [-0.25, -0.2) is 17.9 Å². The summed E-state index contributed by atoms with van der Waals surface area (Å²) in [6, 6.07) is 0. The van der Waals surface area contributed by atoms with E-state index in [0.717, 1.165) is 37.6 Å². The van der Waals surface area contributed by atoms with Crippen molar-refractivity contribution in [2.24, 2.45) is 11.8 Å². The highest BCUT2D eigenvalue weighted by molar-refractivity contribution is 7.88. The number of carboxylic acids is 1. The summed E-state index contributed by atoms with van der Waals surface area (Å²) in [5.41, 5.74) is -0.256. The van der Waals surface area contributed by atoms with Gasteiger partial charge < -0.3 is 10.4 Å². The molecule has 1 aliphatic carbocycles. The first-order valence-corrected chi connectivity index (χ1v) is 12.5. The zero-order chi connectivity index (χ0) is 23.0. The molecule has 0 unspecified atom stereocenters. The van der Waals surface area contributed by atoms with E-state index >= 15 is 0 Å². The van der Waals surface area contributed by atoms with E-state index < -0.39 is 21.5 Å². The quantitative estimate of drug-likeness (QED) is 0.652. The van der Waals surface area contributed by atoms with Crippen LogP contribution in [0.15, 0.2) is 12.3 Å². The second-order valence-electron chi connectivity index (χ2n) is 9.28. The molecule has 0 bridgehead atoms. The van der Waals surface area contributed by atoms with Gasteiger partial charge in [0.1, 0.15) is 5.56 Å².